The Labute approximate surface area is 128 Å². The van der Waals surface area contributed by atoms with Gasteiger partial charge in [-0.2, -0.15) is 5.26 Å². The Hall–Kier alpha value is -1.66. The van der Waals surface area contributed by atoms with E-state index in [2.05, 4.69) is 59.9 Å². The highest BCUT2D eigenvalue weighted by atomic mass is 79.9. The molecule has 102 valence electrons. The van der Waals surface area contributed by atoms with E-state index >= 15 is 0 Å². The van der Waals surface area contributed by atoms with E-state index in [9.17, 15) is 0 Å². The first-order chi connectivity index (χ1) is 9.51. The van der Waals surface area contributed by atoms with Gasteiger partial charge in [-0.1, -0.05) is 17.7 Å². The summed E-state index contributed by atoms with van der Waals surface area (Å²) in [6.07, 6.45) is 3.43. The van der Waals surface area contributed by atoms with Crippen molar-refractivity contribution in [1.29, 1.82) is 5.26 Å². The zero-order valence-electron chi connectivity index (χ0n) is 12.0. The van der Waals surface area contributed by atoms with Gasteiger partial charge in [0.15, 0.2) is 0 Å². The molecule has 2 rings (SSSR count). The van der Waals surface area contributed by atoms with E-state index in [0.29, 0.717) is 5.69 Å². The van der Waals surface area contributed by atoms with Crippen molar-refractivity contribution in [2.45, 2.75) is 33.6 Å². The molecule has 3 heteroatoms. The molecule has 0 radical (unpaired) electrons. The van der Waals surface area contributed by atoms with Gasteiger partial charge in [0.25, 0.3) is 0 Å². The zero-order chi connectivity index (χ0) is 14.7. The molecule has 0 saturated carbocycles. The Bertz CT molecular complexity index is 684. The first kappa shape index (κ1) is 14.7. The maximum Gasteiger partial charge on any atom is 0.143 e. The Morgan fingerprint density at radius 1 is 1.10 bits per heavy atom. The summed E-state index contributed by atoms with van der Waals surface area (Å²) in [6, 6.07) is 8.60. The molecule has 0 amide bonds. The van der Waals surface area contributed by atoms with Crippen LogP contribution in [0.5, 0.6) is 0 Å². The van der Waals surface area contributed by atoms with E-state index in [1.54, 1.807) is 6.20 Å². The number of nitrogens with zero attached hydrogens (tertiary/aromatic N) is 2. The van der Waals surface area contributed by atoms with Crippen LogP contribution in [0.1, 0.15) is 33.5 Å². The van der Waals surface area contributed by atoms with Crippen molar-refractivity contribution in [3.63, 3.8) is 0 Å². The lowest BCUT2D eigenvalue weighted by atomic mass is 9.95. The second-order valence-electron chi connectivity index (χ2n) is 5.14. The van der Waals surface area contributed by atoms with Crippen LogP contribution in [0.2, 0.25) is 0 Å². The van der Waals surface area contributed by atoms with Gasteiger partial charge in [0, 0.05) is 10.7 Å². The Morgan fingerprint density at radius 3 is 2.50 bits per heavy atom. The maximum absolute atomic E-state index is 9.12. The fourth-order valence-electron chi connectivity index (χ4n) is 2.43. The molecule has 1 aromatic heterocycles. The van der Waals surface area contributed by atoms with E-state index in [0.717, 1.165) is 22.9 Å². The lowest BCUT2D eigenvalue weighted by Gasteiger charge is -2.11. The molecule has 0 fully saturated rings. The summed E-state index contributed by atoms with van der Waals surface area (Å²) in [5, 5.41) is 9.12. The van der Waals surface area contributed by atoms with Crippen molar-refractivity contribution in [1.82, 2.24) is 4.98 Å². The molecule has 0 unspecified atom stereocenters. The second-order valence-corrected chi connectivity index (χ2v) is 6.05. The first-order valence-electron chi connectivity index (χ1n) is 6.62. The number of pyridine rings is 1. The molecule has 0 atom stereocenters. The Balaban J connectivity index is 2.26. The topological polar surface area (TPSA) is 36.7 Å². The summed E-state index contributed by atoms with van der Waals surface area (Å²) in [4.78, 5) is 4.16. The predicted molar refractivity (Wildman–Crippen MR) is 84.7 cm³/mol. The largest absolute Gasteiger partial charge is 0.244 e. The highest BCUT2D eigenvalue weighted by Gasteiger charge is 2.07. The molecule has 0 spiro atoms. The SMILES string of the molecule is Cc1cc(C)c(C)c(CCc2cc(Br)cnc2C#N)c1. The molecule has 0 bridgehead atoms. The van der Waals surface area contributed by atoms with E-state index in [4.69, 9.17) is 5.26 Å². The summed E-state index contributed by atoms with van der Waals surface area (Å²) in [5.41, 5.74) is 6.84. The number of nitriles is 1. The van der Waals surface area contributed by atoms with Crippen LogP contribution in [0.3, 0.4) is 0 Å². The van der Waals surface area contributed by atoms with Gasteiger partial charge in [0.05, 0.1) is 0 Å². The minimum atomic E-state index is 0.523. The van der Waals surface area contributed by atoms with Crippen LogP contribution in [0.15, 0.2) is 28.9 Å². The van der Waals surface area contributed by atoms with Gasteiger partial charge in [-0.05, 0) is 77.9 Å². The molecule has 1 aromatic carbocycles. The number of aromatic nitrogens is 1. The molecule has 2 nitrogen and oxygen atoms in total. The van der Waals surface area contributed by atoms with Crippen LogP contribution in [0, 0.1) is 32.1 Å². The lowest BCUT2D eigenvalue weighted by molar-refractivity contribution is 0.926. The average Bonchev–Trinajstić information content (AvgIpc) is 2.41. The number of hydrogen-bond acceptors (Lipinski definition) is 2. The van der Waals surface area contributed by atoms with Crippen LogP contribution < -0.4 is 0 Å². The van der Waals surface area contributed by atoms with Gasteiger partial charge < -0.3 is 0 Å². The van der Waals surface area contributed by atoms with Crippen LogP contribution >= 0.6 is 15.9 Å². The fourth-order valence-corrected chi connectivity index (χ4v) is 2.81. The molecular weight excluding hydrogens is 312 g/mol. The molecule has 0 saturated heterocycles. The van der Waals surface area contributed by atoms with Gasteiger partial charge in [-0.15, -0.1) is 0 Å². The molecule has 1 heterocycles. The Morgan fingerprint density at radius 2 is 1.80 bits per heavy atom. The van der Waals surface area contributed by atoms with Gasteiger partial charge in [-0.3, -0.25) is 0 Å². The minimum Gasteiger partial charge on any atom is -0.244 e. The van der Waals surface area contributed by atoms with Crippen LogP contribution in [0.25, 0.3) is 0 Å². The van der Waals surface area contributed by atoms with Gasteiger partial charge in [0.1, 0.15) is 11.8 Å². The molecule has 0 N–H and O–H groups in total. The maximum atomic E-state index is 9.12. The highest BCUT2D eigenvalue weighted by Crippen LogP contribution is 2.20. The molecule has 0 aliphatic heterocycles. The molecule has 20 heavy (non-hydrogen) atoms. The van der Waals surface area contributed by atoms with Crippen LogP contribution in [-0.2, 0) is 12.8 Å². The second kappa shape index (κ2) is 6.19. The van der Waals surface area contributed by atoms with Crippen molar-refractivity contribution < 1.29 is 0 Å². The van der Waals surface area contributed by atoms with Crippen molar-refractivity contribution in [3.05, 3.63) is 62.4 Å². The summed E-state index contributed by atoms with van der Waals surface area (Å²) in [5.74, 6) is 0. The standard InChI is InChI=1S/C17H17BrN2/c1-11-6-12(2)13(3)14(7-11)4-5-15-8-16(18)10-20-17(15)9-19/h6-8,10H,4-5H2,1-3H3. The monoisotopic (exact) mass is 328 g/mol. The average molecular weight is 329 g/mol. The normalized spacial score (nSPS) is 10.3. The number of halogens is 1. The first-order valence-corrected chi connectivity index (χ1v) is 7.42. The van der Waals surface area contributed by atoms with Crippen molar-refractivity contribution in [3.8, 4) is 6.07 Å². The summed E-state index contributed by atoms with van der Waals surface area (Å²) < 4.78 is 0.920. The smallest absolute Gasteiger partial charge is 0.143 e. The third-order valence-corrected chi connectivity index (χ3v) is 4.06. The fraction of sp³-hybridized carbons (Fsp3) is 0.294. The van der Waals surface area contributed by atoms with Crippen molar-refractivity contribution in [2.24, 2.45) is 0 Å². The molecule has 2 aromatic rings. The summed E-state index contributed by atoms with van der Waals surface area (Å²) in [6.45, 7) is 6.43. The Kier molecular flexibility index (Phi) is 4.57. The van der Waals surface area contributed by atoms with E-state index in [-0.39, 0.29) is 0 Å². The van der Waals surface area contributed by atoms with Crippen LogP contribution in [-0.4, -0.2) is 4.98 Å². The minimum absolute atomic E-state index is 0.523. The third kappa shape index (κ3) is 3.26. The predicted octanol–water partition coefficient (Wildman–Crippen LogP) is 4.43. The number of hydrogen-bond donors (Lipinski definition) is 0. The van der Waals surface area contributed by atoms with Crippen molar-refractivity contribution >= 4 is 15.9 Å². The van der Waals surface area contributed by atoms with E-state index in [1.807, 2.05) is 6.07 Å². The van der Waals surface area contributed by atoms with Gasteiger partial charge in [-0.25, -0.2) is 4.98 Å². The quantitative estimate of drug-likeness (QED) is 0.835. The molecule has 0 aliphatic carbocycles. The van der Waals surface area contributed by atoms with E-state index < -0.39 is 0 Å². The number of benzene rings is 1. The summed E-state index contributed by atoms with van der Waals surface area (Å²) >= 11 is 3.42. The van der Waals surface area contributed by atoms with Gasteiger partial charge in [0.2, 0.25) is 0 Å². The van der Waals surface area contributed by atoms with Crippen molar-refractivity contribution in [2.75, 3.05) is 0 Å². The lowest BCUT2D eigenvalue weighted by Crippen LogP contribution is -2.00. The van der Waals surface area contributed by atoms with E-state index in [1.165, 1.54) is 22.3 Å². The van der Waals surface area contributed by atoms with Crippen LogP contribution in [0.4, 0.5) is 0 Å². The molecular formula is C17H17BrN2. The highest BCUT2D eigenvalue weighted by molar-refractivity contribution is 9.10. The molecule has 0 aliphatic rings. The van der Waals surface area contributed by atoms with Gasteiger partial charge >= 0.3 is 0 Å². The number of aryl methyl sites for hydroxylation is 4. The summed E-state index contributed by atoms with van der Waals surface area (Å²) in [7, 11) is 0. The zero-order valence-corrected chi connectivity index (χ0v) is 13.6. The third-order valence-electron chi connectivity index (χ3n) is 3.62. The number of rotatable bonds is 3.